The van der Waals surface area contributed by atoms with Gasteiger partial charge < -0.3 is 23.7 Å². The van der Waals surface area contributed by atoms with Gasteiger partial charge in [0.05, 0.1) is 61.7 Å². The van der Waals surface area contributed by atoms with Gasteiger partial charge in [0, 0.05) is 30.6 Å². The molecule has 0 radical (unpaired) electrons. The van der Waals surface area contributed by atoms with Crippen LogP contribution in [0.2, 0.25) is 15.1 Å². The minimum absolute atomic E-state index is 0.00807. The second kappa shape index (κ2) is 14.8. The zero-order valence-corrected chi connectivity index (χ0v) is 30.0. The molecule has 0 spiro atoms. The molecule has 6 aromatic rings. The maximum atomic E-state index is 15.4. The number of hydrogen-bond donors (Lipinski definition) is 1. The second-order valence-electron chi connectivity index (χ2n) is 11.1. The number of fused-ring (bicyclic) bond motifs is 2. The van der Waals surface area contributed by atoms with E-state index in [0.717, 1.165) is 42.9 Å². The summed E-state index contributed by atoms with van der Waals surface area (Å²) in [6, 6.07) is 9.89. The third kappa shape index (κ3) is 6.29. The summed E-state index contributed by atoms with van der Waals surface area (Å²) in [4.78, 5) is 44.6. The predicted molar refractivity (Wildman–Crippen MR) is 192 cm³/mol. The molecule has 20 heteroatoms. The van der Waals surface area contributed by atoms with Crippen LogP contribution >= 0.6 is 34.8 Å². The van der Waals surface area contributed by atoms with Gasteiger partial charge in [0.1, 0.15) is 28.2 Å². The molecule has 0 saturated heterocycles. The SMILES string of the molecule is COc1cccc(F)c1-c1c(Cl)cc2c(Cl)c([N+](=O)[O-])c(=O)n(C)c2c1F.COc1cccc(F)c1-c1c(Cl)cc2c(O)c([N+](=O)[O-])c(=O)n(C)c2c1F. The number of nitrogens with zero attached hydrogens (tertiary/aromatic N) is 4. The Labute approximate surface area is 314 Å². The number of benzene rings is 4. The van der Waals surface area contributed by atoms with Gasteiger partial charge in [-0.2, -0.15) is 0 Å². The number of methoxy groups -OCH3 is 2. The first-order chi connectivity index (χ1) is 25.4. The fraction of sp³-hybridized carbons (Fsp3) is 0.118. The summed E-state index contributed by atoms with van der Waals surface area (Å²) in [5, 5.41) is 30.7. The van der Waals surface area contributed by atoms with Gasteiger partial charge in [0.2, 0.25) is 5.75 Å². The van der Waals surface area contributed by atoms with Crippen LogP contribution in [0.25, 0.3) is 44.1 Å². The highest BCUT2D eigenvalue weighted by atomic mass is 35.5. The van der Waals surface area contributed by atoms with Crippen molar-refractivity contribution < 1.29 is 42.0 Å². The van der Waals surface area contributed by atoms with Crippen molar-refractivity contribution in [3.8, 4) is 39.5 Å². The maximum absolute atomic E-state index is 15.4. The van der Waals surface area contributed by atoms with Crippen LogP contribution in [0.1, 0.15) is 0 Å². The van der Waals surface area contributed by atoms with Gasteiger partial charge >= 0.3 is 22.5 Å². The lowest BCUT2D eigenvalue weighted by Gasteiger charge is -2.16. The Hall–Kier alpha value is -5.91. The monoisotopic (exact) mass is 810 g/mol. The first kappa shape index (κ1) is 39.3. The summed E-state index contributed by atoms with van der Waals surface area (Å²) >= 11 is 18.2. The van der Waals surface area contributed by atoms with Crippen molar-refractivity contribution in [2.24, 2.45) is 14.1 Å². The average molecular weight is 812 g/mol. The average Bonchev–Trinajstić information content (AvgIpc) is 3.10. The van der Waals surface area contributed by atoms with Gasteiger partial charge in [0.25, 0.3) is 0 Å². The third-order valence-electron chi connectivity index (χ3n) is 8.25. The van der Waals surface area contributed by atoms with Gasteiger partial charge in [-0.25, -0.2) is 17.6 Å². The van der Waals surface area contributed by atoms with Crippen molar-refractivity contribution in [3.63, 3.8) is 0 Å². The number of pyridine rings is 2. The van der Waals surface area contributed by atoms with Crippen molar-refractivity contribution in [3.05, 3.63) is 128 Å². The number of aryl methyl sites for hydroxylation is 2. The smallest absolute Gasteiger partial charge is 0.375 e. The van der Waals surface area contributed by atoms with Gasteiger partial charge in [-0.15, -0.1) is 0 Å². The Morgan fingerprint density at radius 3 is 1.46 bits per heavy atom. The summed E-state index contributed by atoms with van der Waals surface area (Å²) in [6.07, 6.45) is 0. The van der Waals surface area contributed by atoms with E-state index in [0.29, 0.717) is 4.57 Å². The molecule has 0 saturated carbocycles. The Balaban J connectivity index is 0.000000208. The standard InChI is InChI=1S/C17H10Cl2F2N2O4.C17H11ClF2N2O5/c1-22-15-7(13(19)16(17(22)24)23(25)26)6-8(18)11(14(15)21)12-9(20)4-3-5-10(12)27-2;1-21-14-7(16(23)15(17(21)24)22(25)26)6-8(18)11(13(14)20)12-9(19)4-3-5-10(12)27-2/h3-6H,1-2H3;3-6,23H,1-2H3. The molecule has 0 fully saturated rings. The van der Waals surface area contributed by atoms with Crippen molar-refractivity contribution in [2.45, 2.75) is 0 Å². The van der Waals surface area contributed by atoms with E-state index in [4.69, 9.17) is 44.3 Å². The van der Waals surface area contributed by atoms with Crippen LogP contribution in [0.4, 0.5) is 28.9 Å². The van der Waals surface area contributed by atoms with Crippen LogP contribution < -0.4 is 20.6 Å². The molecule has 0 aliphatic carbocycles. The highest BCUT2D eigenvalue weighted by Gasteiger charge is 2.31. The first-order valence-electron chi connectivity index (χ1n) is 14.8. The summed E-state index contributed by atoms with van der Waals surface area (Å²) in [5.41, 5.74) is -6.44. The third-order valence-corrected chi connectivity index (χ3v) is 9.23. The van der Waals surface area contributed by atoms with Gasteiger partial charge in [0.15, 0.2) is 11.6 Å². The molecule has 13 nitrogen and oxygen atoms in total. The van der Waals surface area contributed by atoms with Gasteiger partial charge in [-0.05, 0) is 36.4 Å². The molecular weight excluding hydrogens is 791 g/mol. The second-order valence-corrected chi connectivity index (χ2v) is 12.3. The number of nitro groups is 2. The highest BCUT2D eigenvalue weighted by Crippen LogP contribution is 2.45. The number of aromatic hydroxyl groups is 1. The fourth-order valence-electron chi connectivity index (χ4n) is 5.81. The van der Waals surface area contributed by atoms with E-state index < -0.39 is 77.5 Å². The lowest BCUT2D eigenvalue weighted by molar-refractivity contribution is -0.387. The van der Waals surface area contributed by atoms with E-state index in [-0.39, 0.29) is 54.5 Å². The Morgan fingerprint density at radius 2 is 1.06 bits per heavy atom. The molecule has 0 aliphatic rings. The van der Waals surface area contributed by atoms with E-state index in [1.165, 1.54) is 38.5 Å². The van der Waals surface area contributed by atoms with E-state index in [2.05, 4.69) is 0 Å². The zero-order valence-electron chi connectivity index (χ0n) is 27.8. The minimum Gasteiger partial charge on any atom is -0.501 e. The van der Waals surface area contributed by atoms with Crippen molar-refractivity contribution in [1.29, 1.82) is 0 Å². The van der Waals surface area contributed by atoms with E-state index in [1.807, 2.05) is 0 Å². The molecule has 0 atom stereocenters. The lowest BCUT2D eigenvalue weighted by atomic mass is 10.00. The lowest BCUT2D eigenvalue weighted by Crippen LogP contribution is -2.21. The molecule has 4 aromatic carbocycles. The summed E-state index contributed by atoms with van der Waals surface area (Å²) in [5.74, 6) is -4.83. The van der Waals surface area contributed by atoms with Gasteiger partial charge in [-0.1, -0.05) is 46.9 Å². The molecule has 2 aromatic heterocycles. The zero-order chi connectivity index (χ0) is 40.1. The molecule has 280 valence electrons. The number of ether oxygens (including phenoxy) is 2. The fourth-order valence-corrected chi connectivity index (χ4v) is 6.67. The number of aromatic nitrogens is 2. The summed E-state index contributed by atoms with van der Waals surface area (Å²) in [7, 11) is 4.78. The van der Waals surface area contributed by atoms with Crippen LogP contribution in [0.5, 0.6) is 17.2 Å². The quantitative estimate of drug-likeness (QED) is 0.0985. The maximum Gasteiger partial charge on any atom is 0.375 e. The molecule has 2 heterocycles. The molecule has 0 aliphatic heterocycles. The molecule has 1 N–H and O–H groups in total. The number of rotatable bonds is 6. The van der Waals surface area contributed by atoms with Crippen LogP contribution in [-0.4, -0.2) is 38.3 Å². The first-order valence-corrected chi connectivity index (χ1v) is 15.9. The molecule has 0 amide bonds. The van der Waals surface area contributed by atoms with Crippen molar-refractivity contribution in [2.75, 3.05) is 14.2 Å². The summed E-state index contributed by atoms with van der Waals surface area (Å²) in [6.45, 7) is 0. The van der Waals surface area contributed by atoms with Crippen LogP contribution in [-0.2, 0) is 14.1 Å². The summed E-state index contributed by atoms with van der Waals surface area (Å²) < 4.78 is 71.1. The molecule has 54 heavy (non-hydrogen) atoms. The predicted octanol–water partition coefficient (Wildman–Crippen LogP) is 8.47. The Morgan fingerprint density at radius 1 is 0.667 bits per heavy atom. The van der Waals surface area contributed by atoms with Crippen LogP contribution in [0, 0.1) is 43.5 Å². The normalized spacial score (nSPS) is 11.0. The van der Waals surface area contributed by atoms with Crippen molar-refractivity contribution >= 4 is 68.0 Å². The van der Waals surface area contributed by atoms with E-state index >= 15 is 8.78 Å². The molecular formula is C34H21Cl3F4N4O9. The highest BCUT2D eigenvalue weighted by molar-refractivity contribution is 6.39. The van der Waals surface area contributed by atoms with Crippen LogP contribution in [0.15, 0.2) is 58.1 Å². The Kier molecular flexibility index (Phi) is 10.8. The largest absolute Gasteiger partial charge is 0.501 e. The molecule has 0 unspecified atom stereocenters. The molecule has 6 rings (SSSR count). The van der Waals surface area contributed by atoms with E-state index in [1.54, 1.807) is 0 Å². The van der Waals surface area contributed by atoms with Crippen molar-refractivity contribution in [1.82, 2.24) is 9.13 Å². The van der Waals surface area contributed by atoms with Gasteiger partial charge in [-0.3, -0.25) is 29.8 Å². The number of halogens is 7. The van der Waals surface area contributed by atoms with E-state index in [9.17, 15) is 43.7 Å². The van der Waals surface area contributed by atoms with Crippen LogP contribution in [0.3, 0.4) is 0 Å². The number of hydrogen-bond acceptors (Lipinski definition) is 9. The molecule has 0 bridgehead atoms. The minimum atomic E-state index is -1.22. The Bertz CT molecular complexity index is 2540. The topological polar surface area (TPSA) is 169 Å².